The zero-order chi connectivity index (χ0) is 25.8. The van der Waals surface area contributed by atoms with Gasteiger partial charge >= 0.3 is 18.2 Å². The third-order valence-electron chi connectivity index (χ3n) is 5.78. The van der Waals surface area contributed by atoms with Crippen LogP contribution in [0.1, 0.15) is 68.2 Å². The molecule has 2 unspecified atom stereocenters. The number of alkyl halides is 3. The fourth-order valence-corrected chi connectivity index (χ4v) is 4.18. The lowest BCUT2D eigenvalue weighted by Crippen LogP contribution is -2.48. The van der Waals surface area contributed by atoms with Crippen LogP contribution in [0.5, 0.6) is 0 Å². The van der Waals surface area contributed by atoms with E-state index in [4.69, 9.17) is 9.47 Å². The standard InChI is InChI=1S/C25H32F3N3O4/c1-5-34-22(32)21-19(12-13-29-21)30-14-16-8-6-7-9-18(16)20-11-10-17(25(26,27)28)15-31(20)23(33)35-24(2,3)4/h6-9,12-13,17,20,29-30H,5,10-11,14-15H2,1-4H3. The smallest absolute Gasteiger partial charge is 0.410 e. The molecular weight excluding hydrogens is 463 g/mol. The summed E-state index contributed by atoms with van der Waals surface area (Å²) < 4.78 is 51.1. The number of ether oxygens (including phenoxy) is 2. The third kappa shape index (κ3) is 6.70. The van der Waals surface area contributed by atoms with Crippen molar-refractivity contribution in [2.45, 2.75) is 64.9 Å². The Morgan fingerprint density at radius 3 is 2.51 bits per heavy atom. The second-order valence-corrected chi connectivity index (χ2v) is 9.50. The number of carbonyl (C=O) groups is 2. The van der Waals surface area contributed by atoms with Crippen molar-refractivity contribution in [3.05, 3.63) is 53.3 Å². The van der Waals surface area contributed by atoms with E-state index in [1.165, 1.54) is 4.90 Å². The van der Waals surface area contributed by atoms with Gasteiger partial charge in [-0.15, -0.1) is 0 Å². The van der Waals surface area contributed by atoms with Gasteiger partial charge in [-0.3, -0.25) is 0 Å². The van der Waals surface area contributed by atoms with E-state index in [1.807, 2.05) is 18.2 Å². The number of halogens is 3. The molecule has 1 fully saturated rings. The quantitative estimate of drug-likeness (QED) is 0.477. The highest BCUT2D eigenvalue weighted by atomic mass is 19.4. The molecule has 10 heteroatoms. The minimum absolute atomic E-state index is 0.0833. The highest BCUT2D eigenvalue weighted by Gasteiger charge is 2.46. The number of rotatable bonds is 6. The molecule has 7 nitrogen and oxygen atoms in total. The lowest BCUT2D eigenvalue weighted by Gasteiger charge is -2.41. The second-order valence-electron chi connectivity index (χ2n) is 9.50. The molecule has 1 aromatic carbocycles. The summed E-state index contributed by atoms with van der Waals surface area (Å²) >= 11 is 0. The molecule has 0 spiro atoms. The average Bonchev–Trinajstić information content (AvgIpc) is 3.25. The molecule has 1 amide bonds. The number of benzene rings is 1. The largest absolute Gasteiger partial charge is 0.461 e. The van der Waals surface area contributed by atoms with E-state index in [-0.39, 0.29) is 25.1 Å². The molecule has 1 aromatic heterocycles. The number of H-pyrrole nitrogens is 1. The number of hydrogen-bond donors (Lipinski definition) is 2. The second kappa shape index (κ2) is 10.6. The van der Waals surface area contributed by atoms with Crippen molar-refractivity contribution in [1.29, 1.82) is 0 Å². The monoisotopic (exact) mass is 495 g/mol. The van der Waals surface area contributed by atoms with Gasteiger partial charge in [0.1, 0.15) is 11.3 Å². The first-order chi connectivity index (χ1) is 16.4. The molecule has 2 atom stereocenters. The molecular formula is C25H32F3N3O4. The summed E-state index contributed by atoms with van der Waals surface area (Å²) in [6.45, 7) is 6.83. The molecule has 0 saturated carbocycles. The van der Waals surface area contributed by atoms with Crippen LogP contribution < -0.4 is 5.32 Å². The van der Waals surface area contributed by atoms with E-state index in [1.54, 1.807) is 46.0 Å². The van der Waals surface area contributed by atoms with Crippen molar-refractivity contribution in [1.82, 2.24) is 9.88 Å². The molecule has 0 aliphatic carbocycles. The van der Waals surface area contributed by atoms with Crippen LogP contribution in [0.15, 0.2) is 36.5 Å². The first-order valence-corrected chi connectivity index (χ1v) is 11.6. The molecule has 1 aliphatic heterocycles. The van der Waals surface area contributed by atoms with Gasteiger partial charge in [0.05, 0.1) is 24.3 Å². The molecule has 1 aliphatic rings. The zero-order valence-electron chi connectivity index (χ0n) is 20.4. The van der Waals surface area contributed by atoms with Gasteiger partial charge in [-0.2, -0.15) is 13.2 Å². The highest BCUT2D eigenvalue weighted by Crippen LogP contribution is 2.41. The number of anilines is 1. The summed E-state index contributed by atoms with van der Waals surface area (Å²) in [4.78, 5) is 29.2. The summed E-state index contributed by atoms with van der Waals surface area (Å²) in [5.74, 6) is -2.10. The Labute approximate surface area is 203 Å². The van der Waals surface area contributed by atoms with Gasteiger partial charge in [0, 0.05) is 19.3 Å². The third-order valence-corrected chi connectivity index (χ3v) is 5.78. The van der Waals surface area contributed by atoms with Crippen LogP contribution in [0.2, 0.25) is 0 Å². The van der Waals surface area contributed by atoms with Crippen LogP contribution in [0, 0.1) is 5.92 Å². The summed E-state index contributed by atoms with van der Waals surface area (Å²) in [5, 5.41) is 3.20. The topological polar surface area (TPSA) is 83.7 Å². The number of nitrogens with one attached hydrogen (secondary N) is 2. The molecule has 2 aromatic rings. The normalized spacial score (nSPS) is 18.8. The van der Waals surface area contributed by atoms with Gasteiger partial charge in [-0.25, -0.2) is 9.59 Å². The fourth-order valence-electron chi connectivity index (χ4n) is 4.18. The van der Waals surface area contributed by atoms with Crippen LogP contribution in [0.4, 0.5) is 23.7 Å². The number of aromatic amines is 1. The maximum atomic E-state index is 13.5. The van der Waals surface area contributed by atoms with Gasteiger partial charge in [0.25, 0.3) is 0 Å². The van der Waals surface area contributed by atoms with E-state index in [9.17, 15) is 22.8 Å². The minimum atomic E-state index is -4.40. The van der Waals surface area contributed by atoms with E-state index in [0.29, 0.717) is 12.2 Å². The molecule has 192 valence electrons. The highest BCUT2D eigenvalue weighted by molar-refractivity contribution is 5.93. The number of likely N-dealkylation sites (tertiary alicyclic amines) is 1. The van der Waals surface area contributed by atoms with Crippen molar-refractivity contribution >= 4 is 17.7 Å². The Hall–Kier alpha value is -3.17. The Bertz CT molecular complexity index is 1030. The van der Waals surface area contributed by atoms with E-state index >= 15 is 0 Å². The molecule has 1 saturated heterocycles. The molecule has 0 radical (unpaired) electrons. The van der Waals surface area contributed by atoms with Crippen molar-refractivity contribution in [3.8, 4) is 0 Å². The Kier molecular flexibility index (Phi) is 8.02. The Morgan fingerprint density at radius 2 is 1.86 bits per heavy atom. The summed E-state index contributed by atoms with van der Waals surface area (Å²) in [6, 6.07) is 8.41. The van der Waals surface area contributed by atoms with E-state index in [0.717, 1.165) is 11.1 Å². The van der Waals surface area contributed by atoms with Gasteiger partial charge in [0.15, 0.2) is 0 Å². The number of hydrogen-bond acceptors (Lipinski definition) is 5. The number of nitrogens with zero attached hydrogens (tertiary/aromatic N) is 1. The van der Waals surface area contributed by atoms with Crippen molar-refractivity contribution in [3.63, 3.8) is 0 Å². The van der Waals surface area contributed by atoms with Gasteiger partial charge in [-0.05, 0) is 57.7 Å². The van der Waals surface area contributed by atoms with E-state index in [2.05, 4.69) is 10.3 Å². The first-order valence-electron chi connectivity index (χ1n) is 11.6. The number of piperidine rings is 1. The lowest BCUT2D eigenvalue weighted by atomic mass is 9.87. The molecule has 0 bridgehead atoms. The summed E-state index contributed by atoms with van der Waals surface area (Å²) in [5.41, 5.74) is 1.52. The van der Waals surface area contributed by atoms with Crippen LogP contribution in [-0.2, 0) is 16.0 Å². The maximum Gasteiger partial charge on any atom is 0.410 e. The van der Waals surface area contributed by atoms with Crippen LogP contribution in [0.25, 0.3) is 0 Å². The Morgan fingerprint density at radius 1 is 1.14 bits per heavy atom. The summed E-state index contributed by atoms with van der Waals surface area (Å²) in [6.07, 6.45) is -3.49. The predicted octanol–water partition coefficient (Wildman–Crippen LogP) is 6.05. The number of carbonyl (C=O) groups excluding carboxylic acids is 2. The molecule has 2 heterocycles. The fraction of sp³-hybridized carbons (Fsp3) is 0.520. The predicted molar refractivity (Wildman–Crippen MR) is 125 cm³/mol. The zero-order valence-corrected chi connectivity index (χ0v) is 20.4. The van der Waals surface area contributed by atoms with Gasteiger partial charge in [-0.1, -0.05) is 24.3 Å². The summed E-state index contributed by atoms with van der Waals surface area (Å²) in [7, 11) is 0. The van der Waals surface area contributed by atoms with E-state index < -0.39 is 42.3 Å². The average molecular weight is 496 g/mol. The van der Waals surface area contributed by atoms with Crippen LogP contribution in [-0.4, -0.2) is 46.9 Å². The minimum Gasteiger partial charge on any atom is -0.461 e. The van der Waals surface area contributed by atoms with Crippen molar-refractivity contribution in [2.24, 2.45) is 5.92 Å². The Balaban J connectivity index is 1.86. The van der Waals surface area contributed by atoms with Gasteiger partial charge < -0.3 is 24.7 Å². The molecule has 3 rings (SSSR count). The lowest BCUT2D eigenvalue weighted by molar-refractivity contribution is -0.188. The van der Waals surface area contributed by atoms with Gasteiger partial charge in [0.2, 0.25) is 0 Å². The molecule has 2 N–H and O–H groups in total. The van der Waals surface area contributed by atoms with Crippen LogP contribution >= 0.6 is 0 Å². The maximum absolute atomic E-state index is 13.5. The van der Waals surface area contributed by atoms with Crippen molar-refractivity contribution in [2.75, 3.05) is 18.5 Å². The molecule has 35 heavy (non-hydrogen) atoms. The van der Waals surface area contributed by atoms with Crippen LogP contribution in [0.3, 0.4) is 0 Å². The number of aromatic nitrogens is 1. The first kappa shape index (κ1) is 26.4. The number of amides is 1. The SMILES string of the molecule is CCOC(=O)c1[nH]ccc1NCc1ccccc1C1CCC(C(F)(F)F)CN1C(=O)OC(C)(C)C. The van der Waals surface area contributed by atoms with Crippen molar-refractivity contribution < 1.29 is 32.2 Å². The number of esters is 1.